The van der Waals surface area contributed by atoms with E-state index in [1.807, 2.05) is 11.0 Å². The quantitative estimate of drug-likeness (QED) is 0.798. The summed E-state index contributed by atoms with van der Waals surface area (Å²) in [6, 6.07) is 5.34. The summed E-state index contributed by atoms with van der Waals surface area (Å²) >= 11 is 3.36. The fourth-order valence-electron chi connectivity index (χ4n) is 1.93. The summed E-state index contributed by atoms with van der Waals surface area (Å²) in [4.78, 5) is 16.3. The average molecular weight is 298 g/mol. The van der Waals surface area contributed by atoms with Crippen molar-refractivity contribution >= 4 is 27.5 Å². The molecule has 0 bridgehead atoms. The Bertz CT molecular complexity index is 408. The summed E-state index contributed by atoms with van der Waals surface area (Å²) in [6.45, 7) is 3.41. The molecule has 0 radical (unpaired) electrons. The molecule has 5 heteroatoms. The van der Waals surface area contributed by atoms with Crippen molar-refractivity contribution in [3.63, 3.8) is 0 Å². The van der Waals surface area contributed by atoms with E-state index >= 15 is 0 Å². The van der Waals surface area contributed by atoms with E-state index in [0.29, 0.717) is 11.3 Å². The first-order valence-corrected chi connectivity index (χ1v) is 6.39. The number of nitrogens with zero attached hydrogens (tertiary/aromatic N) is 2. The third-order valence-electron chi connectivity index (χ3n) is 2.96. The van der Waals surface area contributed by atoms with E-state index in [2.05, 4.69) is 27.9 Å². The molecule has 92 valence electrons. The molecule has 2 rings (SSSR count). The highest BCUT2D eigenvalue weighted by Gasteiger charge is 2.20. The summed E-state index contributed by atoms with van der Waals surface area (Å²) in [7, 11) is 2.07. The second-order valence-corrected chi connectivity index (χ2v) is 5.28. The number of amides is 1. The van der Waals surface area contributed by atoms with Crippen LogP contribution in [-0.2, 0) is 0 Å². The molecule has 0 aliphatic carbocycles. The summed E-state index contributed by atoms with van der Waals surface area (Å²) < 4.78 is 0.843. The van der Waals surface area contributed by atoms with Crippen LogP contribution in [-0.4, -0.2) is 48.9 Å². The van der Waals surface area contributed by atoms with Crippen LogP contribution in [0.4, 0.5) is 5.69 Å². The second-order valence-electron chi connectivity index (χ2n) is 4.37. The predicted octanol–water partition coefficient (Wildman–Crippen LogP) is 1.42. The van der Waals surface area contributed by atoms with Gasteiger partial charge in [0.25, 0.3) is 5.91 Å². The molecule has 1 heterocycles. The van der Waals surface area contributed by atoms with Crippen LogP contribution in [0.2, 0.25) is 0 Å². The number of rotatable bonds is 1. The highest BCUT2D eigenvalue weighted by atomic mass is 79.9. The maximum Gasteiger partial charge on any atom is 0.254 e. The van der Waals surface area contributed by atoms with Crippen LogP contribution in [0.25, 0.3) is 0 Å². The Balaban J connectivity index is 2.14. The third-order valence-corrected chi connectivity index (χ3v) is 3.42. The zero-order valence-corrected chi connectivity index (χ0v) is 11.4. The number of halogens is 1. The van der Waals surface area contributed by atoms with Gasteiger partial charge in [-0.2, -0.15) is 0 Å². The first-order chi connectivity index (χ1) is 8.06. The minimum Gasteiger partial charge on any atom is -0.399 e. The summed E-state index contributed by atoms with van der Waals surface area (Å²) in [5.74, 6) is 0.0612. The minimum atomic E-state index is 0.0612. The number of hydrogen-bond acceptors (Lipinski definition) is 3. The lowest BCUT2D eigenvalue weighted by molar-refractivity contribution is 0.0664. The lowest BCUT2D eigenvalue weighted by Gasteiger charge is -2.32. The fourth-order valence-corrected chi connectivity index (χ4v) is 2.44. The van der Waals surface area contributed by atoms with Gasteiger partial charge in [-0.25, -0.2) is 0 Å². The van der Waals surface area contributed by atoms with Crippen molar-refractivity contribution in [3.8, 4) is 0 Å². The maximum atomic E-state index is 12.2. The van der Waals surface area contributed by atoms with Crippen molar-refractivity contribution < 1.29 is 4.79 Å². The lowest BCUT2D eigenvalue weighted by atomic mass is 10.1. The monoisotopic (exact) mass is 297 g/mol. The van der Waals surface area contributed by atoms with Gasteiger partial charge in [0.05, 0.1) is 0 Å². The van der Waals surface area contributed by atoms with Crippen LogP contribution in [0.1, 0.15) is 10.4 Å². The molecule has 0 spiro atoms. The highest BCUT2D eigenvalue weighted by Crippen LogP contribution is 2.19. The van der Waals surface area contributed by atoms with Crippen molar-refractivity contribution in [2.24, 2.45) is 0 Å². The zero-order valence-electron chi connectivity index (χ0n) is 9.82. The van der Waals surface area contributed by atoms with Crippen LogP contribution in [0.15, 0.2) is 22.7 Å². The Hall–Kier alpha value is -1.07. The maximum absolute atomic E-state index is 12.2. The predicted molar refractivity (Wildman–Crippen MR) is 72.0 cm³/mol. The minimum absolute atomic E-state index is 0.0612. The number of benzene rings is 1. The number of anilines is 1. The van der Waals surface area contributed by atoms with Gasteiger partial charge in [-0.15, -0.1) is 0 Å². The fraction of sp³-hybridized carbons (Fsp3) is 0.417. The topological polar surface area (TPSA) is 49.6 Å². The number of carbonyl (C=O) groups is 1. The molecule has 1 aliphatic heterocycles. The molecule has 17 heavy (non-hydrogen) atoms. The van der Waals surface area contributed by atoms with E-state index in [4.69, 9.17) is 5.73 Å². The van der Waals surface area contributed by atoms with E-state index in [0.717, 1.165) is 30.7 Å². The van der Waals surface area contributed by atoms with Crippen LogP contribution < -0.4 is 5.73 Å². The Kier molecular flexibility index (Phi) is 3.69. The van der Waals surface area contributed by atoms with E-state index < -0.39 is 0 Å². The molecule has 0 aromatic heterocycles. The summed E-state index contributed by atoms with van der Waals surface area (Å²) in [5, 5.41) is 0. The SMILES string of the molecule is CN1CCN(C(=O)c2cc(N)cc(Br)c2)CC1. The van der Waals surface area contributed by atoms with Crippen molar-refractivity contribution in [3.05, 3.63) is 28.2 Å². The molecule has 4 nitrogen and oxygen atoms in total. The average Bonchev–Trinajstić information content (AvgIpc) is 2.28. The molecule has 2 N–H and O–H groups in total. The highest BCUT2D eigenvalue weighted by molar-refractivity contribution is 9.10. The molecule has 1 amide bonds. The van der Waals surface area contributed by atoms with Crippen molar-refractivity contribution in [2.45, 2.75) is 0 Å². The van der Waals surface area contributed by atoms with E-state index in [-0.39, 0.29) is 5.91 Å². The first kappa shape index (κ1) is 12.4. The molecule has 1 fully saturated rings. The zero-order chi connectivity index (χ0) is 12.4. The van der Waals surface area contributed by atoms with Crippen molar-refractivity contribution in [1.29, 1.82) is 0 Å². The van der Waals surface area contributed by atoms with Gasteiger partial charge >= 0.3 is 0 Å². The van der Waals surface area contributed by atoms with Gasteiger partial charge < -0.3 is 15.5 Å². The smallest absolute Gasteiger partial charge is 0.254 e. The van der Waals surface area contributed by atoms with Crippen molar-refractivity contribution in [1.82, 2.24) is 9.80 Å². The third kappa shape index (κ3) is 2.98. The molecule has 1 aromatic rings. The molecular formula is C12H16BrN3O. The number of likely N-dealkylation sites (N-methyl/N-ethyl adjacent to an activating group) is 1. The first-order valence-electron chi connectivity index (χ1n) is 5.60. The summed E-state index contributed by atoms with van der Waals surface area (Å²) in [6.07, 6.45) is 0. The normalized spacial score (nSPS) is 17.2. The molecule has 1 aliphatic rings. The van der Waals surface area contributed by atoms with Gasteiger partial charge in [0, 0.05) is 41.9 Å². The molecular weight excluding hydrogens is 282 g/mol. The van der Waals surface area contributed by atoms with E-state index in [9.17, 15) is 4.79 Å². The van der Waals surface area contributed by atoms with E-state index in [1.54, 1.807) is 12.1 Å². The van der Waals surface area contributed by atoms with Crippen molar-refractivity contribution in [2.75, 3.05) is 39.0 Å². The number of piperazine rings is 1. The van der Waals surface area contributed by atoms with Crippen LogP contribution >= 0.6 is 15.9 Å². The Morgan fingerprint density at radius 1 is 1.24 bits per heavy atom. The Morgan fingerprint density at radius 3 is 2.47 bits per heavy atom. The number of nitrogens with two attached hydrogens (primary N) is 1. The lowest BCUT2D eigenvalue weighted by Crippen LogP contribution is -2.47. The number of nitrogen functional groups attached to an aromatic ring is 1. The van der Waals surface area contributed by atoms with Crippen LogP contribution in [0, 0.1) is 0 Å². The van der Waals surface area contributed by atoms with Gasteiger partial charge in [-0.3, -0.25) is 4.79 Å². The number of hydrogen-bond donors (Lipinski definition) is 1. The van der Waals surface area contributed by atoms with Gasteiger partial charge in [-0.1, -0.05) is 15.9 Å². The van der Waals surface area contributed by atoms with Crippen LogP contribution in [0.5, 0.6) is 0 Å². The molecule has 0 unspecified atom stereocenters. The summed E-state index contributed by atoms with van der Waals surface area (Å²) in [5.41, 5.74) is 7.00. The largest absolute Gasteiger partial charge is 0.399 e. The van der Waals surface area contributed by atoms with Gasteiger partial charge in [0.15, 0.2) is 0 Å². The molecule has 0 atom stereocenters. The standard InChI is InChI=1S/C12H16BrN3O/c1-15-2-4-16(5-3-15)12(17)9-6-10(13)8-11(14)7-9/h6-8H,2-5,14H2,1H3. The van der Waals surface area contributed by atoms with Crippen LogP contribution in [0.3, 0.4) is 0 Å². The Labute approximate surface area is 110 Å². The molecule has 0 saturated carbocycles. The second kappa shape index (κ2) is 5.06. The molecule has 1 aromatic carbocycles. The van der Waals surface area contributed by atoms with Gasteiger partial charge in [0.2, 0.25) is 0 Å². The number of carbonyl (C=O) groups excluding carboxylic acids is 1. The van der Waals surface area contributed by atoms with Gasteiger partial charge in [-0.05, 0) is 25.2 Å². The van der Waals surface area contributed by atoms with Gasteiger partial charge in [0.1, 0.15) is 0 Å². The van der Waals surface area contributed by atoms with E-state index in [1.165, 1.54) is 0 Å². The molecule has 1 saturated heterocycles. The Morgan fingerprint density at radius 2 is 1.88 bits per heavy atom.